The van der Waals surface area contributed by atoms with Gasteiger partial charge in [0.25, 0.3) is 0 Å². The fraction of sp³-hybridized carbons (Fsp3) is 0.526. The molecule has 0 aliphatic carbocycles. The topological polar surface area (TPSA) is 103 Å². The van der Waals surface area contributed by atoms with Crippen LogP contribution >= 0.6 is 0 Å². The Morgan fingerprint density at radius 3 is 2.63 bits per heavy atom. The largest absolute Gasteiger partial charge is 0.458 e. The van der Waals surface area contributed by atoms with Crippen molar-refractivity contribution in [1.82, 2.24) is 24.6 Å². The minimum atomic E-state index is -0.588. The van der Waals surface area contributed by atoms with Crippen LogP contribution in [0.5, 0.6) is 6.01 Å². The minimum Gasteiger partial charge on any atom is -0.458 e. The Hall–Kier alpha value is -3.24. The Balaban J connectivity index is 1.47. The molecule has 0 saturated carbocycles. The van der Waals surface area contributed by atoms with E-state index < -0.39 is 23.6 Å². The molecule has 10 nitrogen and oxygen atoms in total. The van der Waals surface area contributed by atoms with Gasteiger partial charge in [0.05, 0.1) is 56.0 Å². The van der Waals surface area contributed by atoms with Gasteiger partial charge in [0.2, 0.25) is 5.91 Å². The lowest BCUT2D eigenvalue weighted by molar-refractivity contribution is -0.117. The van der Waals surface area contributed by atoms with Crippen LogP contribution < -0.4 is 9.64 Å². The van der Waals surface area contributed by atoms with E-state index in [4.69, 9.17) is 9.47 Å². The van der Waals surface area contributed by atoms with E-state index in [9.17, 15) is 14.0 Å². The van der Waals surface area contributed by atoms with Gasteiger partial charge >= 0.3 is 12.1 Å². The molecule has 1 atom stereocenters. The summed E-state index contributed by atoms with van der Waals surface area (Å²) in [5.41, 5.74) is 0.814. The molecule has 160 valence electrons. The highest BCUT2D eigenvalue weighted by molar-refractivity contribution is 5.96. The van der Waals surface area contributed by atoms with Crippen molar-refractivity contribution in [2.45, 2.75) is 52.0 Å². The van der Waals surface area contributed by atoms with E-state index in [1.165, 1.54) is 0 Å². The first kappa shape index (κ1) is 20.0. The number of fused-ring (bicyclic) bond motifs is 1. The van der Waals surface area contributed by atoms with E-state index in [1.54, 1.807) is 20.7 Å². The van der Waals surface area contributed by atoms with Crippen LogP contribution in [-0.4, -0.2) is 61.4 Å². The molecule has 4 rings (SSSR count). The average molecular weight is 418 g/mol. The molecule has 2 aromatic heterocycles. The molecule has 0 aromatic carbocycles. The van der Waals surface area contributed by atoms with Crippen LogP contribution in [0.3, 0.4) is 0 Å². The molecule has 11 heteroatoms. The van der Waals surface area contributed by atoms with E-state index in [-0.39, 0.29) is 24.9 Å². The SMILES string of the molecule is CC(C)(C)OC(=O)N1CCn2ncc(N3C[C@@H](Oc4ncc(F)cn4)CC3=O)c2C1. The van der Waals surface area contributed by atoms with Gasteiger partial charge in [0.15, 0.2) is 5.82 Å². The molecule has 0 radical (unpaired) electrons. The third-order valence-corrected chi connectivity index (χ3v) is 4.75. The van der Waals surface area contributed by atoms with E-state index in [0.717, 1.165) is 18.1 Å². The van der Waals surface area contributed by atoms with Gasteiger partial charge in [0.1, 0.15) is 11.7 Å². The third-order valence-electron chi connectivity index (χ3n) is 4.75. The number of carbonyl (C=O) groups excluding carboxylic acids is 2. The van der Waals surface area contributed by atoms with Crippen molar-refractivity contribution in [3.8, 4) is 6.01 Å². The molecule has 0 bridgehead atoms. The van der Waals surface area contributed by atoms with Crippen LogP contribution in [0.25, 0.3) is 0 Å². The molecule has 0 unspecified atom stereocenters. The zero-order valence-corrected chi connectivity index (χ0v) is 17.0. The van der Waals surface area contributed by atoms with Crippen LogP contribution in [0.15, 0.2) is 18.6 Å². The highest BCUT2D eigenvalue weighted by atomic mass is 19.1. The van der Waals surface area contributed by atoms with Crippen molar-refractivity contribution < 1.29 is 23.5 Å². The van der Waals surface area contributed by atoms with Crippen molar-refractivity contribution in [3.63, 3.8) is 0 Å². The minimum absolute atomic E-state index is 0.0178. The maximum Gasteiger partial charge on any atom is 0.410 e. The van der Waals surface area contributed by atoms with Crippen LogP contribution in [0, 0.1) is 5.82 Å². The number of hydrogen-bond donors (Lipinski definition) is 0. The molecule has 2 aliphatic rings. The Morgan fingerprint density at radius 1 is 1.20 bits per heavy atom. The number of aromatic nitrogens is 4. The van der Waals surface area contributed by atoms with Crippen LogP contribution in [0.4, 0.5) is 14.9 Å². The first-order valence-corrected chi connectivity index (χ1v) is 9.67. The second kappa shape index (κ2) is 7.54. The number of hydrogen-bond acceptors (Lipinski definition) is 7. The average Bonchev–Trinajstić information content (AvgIpc) is 3.24. The number of carbonyl (C=O) groups is 2. The molecule has 1 fully saturated rings. The van der Waals surface area contributed by atoms with Gasteiger partial charge < -0.3 is 19.3 Å². The van der Waals surface area contributed by atoms with Crippen molar-refractivity contribution in [2.75, 3.05) is 18.0 Å². The van der Waals surface area contributed by atoms with Gasteiger partial charge in [0, 0.05) is 6.54 Å². The quantitative estimate of drug-likeness (QED) is 0.748. The van der Waals surface area contributed by atoms with Gasteiger partial charge in [-0.3, -0.25) is 9.48 Å². The Kier molecular flexibility index (Phi) is 5.04. The maximum absolute atomic E-state index is 13.0. The molecule has 2 aliphatic heterocycles. The molecule has 1 saturated heterocycles. The highest BCUT2D eigenvalue weighted by Crippen LogP contribution is 2.30. The fourth-order valence-corrected chi connectivity index (χ4v) is 3.44. The molecule has 4 heterocycles. The third kappa shape index (κ3) is 4.19. The molecular formula is C19H23FN6O4. The molecular weight excluding hydrogens is 395 g/mol. The predicted octanol–water partition coefficient (Wildman–Crippen LogP) is 1.75. The second-order valence-corrected chi connectivity index (χ2v) is 8.23. The zero-order chi connectivity index (χ0) is 21.5. The van der Waals surface area contributed by atoms with Gasteiger partial charge in [-0.25, -0.2) is 19.2 Å². The maximum atomic E-state index is 13.0. The summed E-state index contributed by atoms with van der Waals surface area (Å²) in [5, 5.41) is 4.36. The first-order valence-electron chi connectivity index (χ1n) is 9.67. The number of ether oxygens (including phenoxy) is 2. The first-order chi connectivity index (χ1) is 14.2. The van der Waals surface area contributed by atoms with Crippen molar-refractivity contribution in [2.24, 2.45) is 0 Å². The Labute approximate surface area is 172 Å². The van der Waals surface area contributed by atoms with E-state index >= 15 is 0 Å². The Bertz CT molecular complexity index is 955. The highest BCUT2D eigenvalue weighted by Gasteiger charge is 2.37. The number of anilines is 1. The fourth-order valence-electron chi connectivity index (χ4n) is 3.44. The second-order valence-electron chi connectivity index (χ2n) is 8.23. The molecule has 0 spiro atoms. The van der Waals surface area contributed by atoms with Crippen LogP contribution in [0.1, 0.15) is 32.9 Å². The summed E-state index contributed by atoms with van der Waals surface area (Å²) in [6, 6.07) is 0.0178. The smallest absolute Gasteiger partial charge is 0.410 e. The summed E-state index contributed by atoms with van der Waals surface area (Å²) in [7, 11) is 0. The van der Waals surface area contributed by atoms with Crippen molar-refractivity contribution in [3.05, 3.63) is 30.1 Å². The zero-order valence-electron chi connectivity index (χ0n) is 17.0. The standard InChI is InChI=1S/C19H23FN6O4/c1-19(2,3)30-18(28)24-4-5-26-15(11-24)14(9-23-26)25-10-13(6-16(25)27)29-17-21-7-12(20)8-22-17/h7-9,13H,4-6,10-11H2,1-3H3/t13-/m0/s1. The van der Waals surface area contributed by atoms with E-state index in [2.05, 4.69) is 15.1 Å². The van der Waals surface area contributed by atoms with Gasteiger partial charge in [-0.1, -0.05) is 0 Å². The van der Waals surface area contributed by atoms with Gasteiger partial charge in [-0.15, -0.1) is 0 Å². The lowest BCUT2D eigenvalue weighted by Gasteiger charge is -2.31. The molecule has 2 aromatic rings. The summed E-state index contributed by atoms with van der Waals surface area (Å²) in [5.74, 6) is -0.695. The lowest BCUT2D eigenvalue weighted by atomic mass is 10.2. The van der Waals surface area contributed by atoms with Crippen molar-refractivity contribution in [1.29, 1.82) is 0 Å². The number of nitrogens with zero attached hydrogens (tertiary/aromatic N) is 6. The number of halogens is 1. The summed E-state index contributed by atoms with van der Waals surface area (Å²) < 4.78 is 25.8. The van der Waals surface area contributed by atoms with Gasteiger partial charge in [-0.2, -0.15) is 5.10 Å². The normalized spacial score (nSPS) is 19.1. The number of amides is 2. The molecule has 2 amide bonds. The molecule has 30 heavy (non-hydrogen) atoms. The lowest BCUT2D eigenvalue weighted by Crippen LogP contribution is -2.42. The summed E-state index contributed by atoms with van der Waals surface area (Å²) >= 11 is 0. The van der Waals surface area contributed by atoms with Crippen LogP contribution in [0.2, 0.25) is 0 Å². The van der Waals surface area contributed by atoms with Crippen molar-refractivity contribution >= 4 is 17.7 Å². The summed E-state index contributed by atoms with van der Waals surface area (Å²) in [6.45, 7) is 7.02. The molecule has 0 N–H and O–H groups in total. The summed E-state index contributed by atoms with van der Waals surface area (Å²) in [4.78, 5) is 35.8. The van der Waals surface area contributed by atoms with E-state index in [0.29, 0.717) is 25.3 Å². The predicted molar refractivity (Wildman–Crippen MR) is 102 cm³/mol. The van der Waals surface area contributed by atoms with Gasteiger partial charge in [-0.05, 0) is 20.8 Å². The number of rotatable bonds is 3. The summed E-state index contributed by atoms with van der Waals surface area (Å²) in [6.07, 6.45) is 2.92. The van der Waals surface area contributed by atoms with Crippen LogP contribution in [-0.2, 0) is 22.6 Å². The Morgan fingerprint density at radius 2 is 1.93 bits per heavy atom. The monoisotopic (exact) mass is 418 g/mol. The van der Waals surface area contributed by atoms with E-state index in [1.807, 2.05) is 20.8 Å².